The molecule has 1 aliphatic carbocycles. The fraction of sp³-hybridized carbons (Fsp3) is 0.423. The summed E-state index contributed by atoms with van der Waals surface area (Å²) in [4.78, 5) is 36.2. The summed E-state index contributed by atoms with van der Waals surface area (Å²) >= 11 is 0. The average Bonchev–Trinajstić information content (AvgIpc) is 3.42. The van der Waals surface area contributed by atoms with Gasteiger partial charge < -0.3 is 25.2 Å². The summed E-state index contributed by atoms with van der Waals surface area (Å²) in [6.07, 6.45) is -0.00212. The second-order valence-corrected chi connectivity index (χ2v) is 8.70. The van der Waals surface area contributed by atoms with Crippen LogP contribution < -0.4 is 10.6 Å². The molecular formula is C26H30N2O6. The fourth-order valence-electron chi connectivity index (χ4n) is 4.75. The van der Waals surface area contributed by atoms with Gasteiger partial charge in [-0.3, -0.25) is 9.59 Å². The molecule has 2 aromatic rings. The lowest BCUT2D eigenvalue weighted by molar-refractivity contribution is -0.138. The second kappa shape index (κ2) is 10.7. The first-order chi connectivity index (χ1) is 16.5. The van der Waals surface area contributed by atoms with Gasteiger partial charge in [-0.2, -0.15) is 0 Å². The molecule has 8 heteroatoms. The van der Waals surface area contributed by atoms with Gasteiger partial charge in [-0.15, -0.1) is 0 Å². The summed E-state index contributed by atoms with van der Waals surface area (Å²) in [5.74, 6) is -1.30. The Morgan fingerprint density at radius 3 is 2.35 bits per heavy atom. The average molecular weight is 467 g/mol. The Morgan fingerprint density at radius 1 is 1.09 bits per heavy atom. The third kappa shape index (κ3) is 5.22. The minimum Gasteiger partial charge on any atom is -0.481 e. The van der Waals surface area contributed by atoms with Crippen molar-refractivity contribution in [3.8, 4) is 11.1 Å². The Hall–Kier alpha value is -3.39. The van der Waals surface area contributed by atoms with Crippen molar-refractivity contribution in [2.75, 3.05) is 13.2 Å². The Balaban J connectivity index is 1.33. The van der Waals surface area contributed by atoms with Gasteiger partial charge in [-0.05, 0) is 41.5 Å². The predicted octanol–water partition coefficient (Wildman–Crippen LogP) is 3.44. The monoisotopic (exact) mass is 466 g/mol. The van der Waals surface area contributed by atoms with Gasteiger partial charge in [0.1, 0.15) is 6.61 Å². The molecule has 0 bridgehead atoms. The fourth-order valence-corrected chi connectivity index (χ4v) is 4.75. The van der Waals surface area contributed by atoms with E-state index in [-0.39, 0.29) is 30.9 Å². The van der Waals surface area contributed by atoms with Gasteiger partial charge in [0.05, 0.1) is 6.04 Å². The third-order valence-electron chi connectivity index (χ3n) is 6.54. The molecule has 4 rings (SSSR count). The summed E-state index contributed by atoms with van der Waals surface area (Å²) in [6.45, 7) is 2.42. The first-order valence-corrected chi connectivity index (χ1v) is 11.7. The maximum Gasteiger partial charge on any atom is 0.407 e. The lowest BCUT2D eigenvalue weighted by Gasteiger charge is -2.23. The van der Waals surface area contributed by atoms with E-state index in [2.05, 4.69) is 34.9 Å². The van der Waals surface area contributed by atoms with Crippen molar-refractivity contribution < 1.29 is 29.0 Å². The molecule has 0 saturated carbocycles. The lowest BCUT2D eigenvalue weighted by atomic mass is 9.98. The number of fused-ring (bicyclic) bond motifs is 3. The molecule has 8 nitrogen and oxygen atoms in total. The van der Waals surface area contributed by atoms with Crippen LogP contribution >= 0.6 is 0 Å². The highest BCUT2D eigenvalue weighted by molar-refractivity contribution is 5.83. The molecule has 2 aromatic carbocycles. The van der Waals surface area contributed by atoms with E-state index in [9.17, 15) is 14.4 Å². The second-order valence-electron chi connectivity index (χ2n) is 8.70. The number of carboxylic acid groups (broad SMARTS) is 1. The number of alkyl carbamates (subject to hydrolysis) is 1. The lowest BCUT2D eigenvalue weighted by Crippen LogP contribution is -2.50. The Kier molecular flexibility index (Phi) is 7.47. The van der Waals surface area contributed by atoms with Crippen LogP contribution in [0.25, 0.3) is 11.1 Å². The molecule has 0 aromatic heterocycles. The number of nitrogens with one attached hydrogen (secondary N) is 2. The number of carboxylic acids is 1. The molecule has 1 fully saturated rings. The highest BCUT2D eigenvalue weighted by Crippen LogP contribution is 2.44. The third-order valence-corrected chi connectivity index (χ3v) is 6.54. The molecule has 1 aliphatic heterocycles. The zero-order valence-corrected chi connectivity index (χ0v) is 19.2. The van der Waals surface area contributed by atoms with Gasteiger partial charge in [0.2, 0.25) is 0 Å². The topological polar surface area (TPSA) is 114 Å². The van der Waals surface area contributed by atoms with Crippen LogP contribution in [0.5, 0.6) is 0 Å². The summed E-state index contributed by atoms with van der Waals surface area (Å²) in [6, 6.07) is 15.5. The number of ether oxygens (including phenoxy) is 2. The van der Waals surface area contributed by atoms with Gasteiger partial charge in [0.15, 0.2) is 6.10 Å². The van der Waals surface area contributed by atoms with Crippen LogP contribution in [-0.2, 0) is 19.1 Å². The number of amides is 2. The van der Waals surface area contributed by atoms with Crippen LogP contribution in [0.15, 0.2) is 48.5 Å². The first kappa shape index (κ1) is 23.8. The van der Waals surface area contributed by atoms with Gasteiger partial charge in [-0.25, -0.2) is 4.79 Å². The number of carbonyl (C=O) groups excluding carboxylic acids is 2. The van der Waals surface area contributed by atoms with Crippen molar-refractivity contribution in [3.63, 3.8) is 0 Å². The molecule has 1 unspecified atom stereocenters. The van der Waals surface area contributed by atoms with Gasteiger partial charge in [-0.1, -0.05) is 55.5 Å². The van der Waals surface area contributed by atoms with Crippen LogP contribution in [0, 0.1) is 0 Å². The Labute approximate surface area is 198 Å². The molecular weight excluding hydrogens is 436 g/mol. The van der Waals surface area contributed by atoms with E-state index >= 15 is 0 Å². The molecule has 34 heavy (non-hydrogen) atoms. The molecule has 3 atom stereocenters. The van der Waals surface area contributed by atoms with Crippen molar-refractivity contribution in [3.05, 3.63) is 59.7 Å². The maximum atomic E-state index is 12.7. The van der Waals surface area contributed by atoms with E-state index in [0.29, 0.717) is 25.9 Å². The number of hydrogen-bond acceptors (Lipinski definition) is 5. The minimum absolute atomic E-state index is 0.0221. The molecule has 2 aliphatic rings. The zero-order valence-electron chi connectivity index (χ0n) is 19.2. The van der Waals surface area contributed by atoms with Gasteiger partial charge in [0.25, 0.3) is 5.91 Å². The van der Waals surface area contributed by atoms with Crippen molar-refractivity contribution >= 4 is 18.0 Å². The highest BCUT2D eigenvalue weighted by Gasteiger charge is 2.37. The first-order valence-electron chi connectivity index (χ1n) is 11.7. The van der Waals surface area contributed by atoms with Crippen LogP contribution in [0.2, 0.25) is 0 Å². The zero-order chi connectivity index (χ0) is 24.1. The summed E-state index contributed by atoms with van der Waals surface area (Å²) in [5, 5.41) is 14.5. The standard InChI is InChI=1S/C26H30N2O6/c1-2-16(11-12-23(29)30)27-25(31)24-22(13-14-33-24)28-26(32)34-15-21-19-9-5-3-7-17(19)18-8-4-6-10-20(18)21/h3-10,16,21-22,24H,2,11-15H2,1H3,(H,27,31)(H,28,32)(H,29,30)/t16?,22-,24+/m0/s1. The van der Waals surface area contributed by atoms with Crippen molar-refractivity contribution in [1.82, 2.24) is 10.6 Å². The molecule has 3 N–H and O–H groups in total. The minimum atomic E-state index is -0.903. The number of hydrogen-bond donors (Lipinski definition) is 3. The molecule has 0 radical (unpaired) electrons. The van der Waals surface area contributed by atoms with Crippen LogP contribution in [0.3, 0.4) is 0 Å². The highest BCUT2D eigenvalue weighted by atomic mass is 16.6. The summed E-state index contributed by atoms with van der Waals surface area (Å²) in [7, 11) is 0. The molecule has 1 saturated heterocycles. The normalized spacial score (nSPS) is 19.7. The molecule has 180 valence electrons. The summed E-state index contributed by atoms with van der Waals surface area (Å²) in [5.41, 5.74) is 4.57. The number of aliphatic carboxylic acids is 1. The van der Waals surface area contributed by atoms with E-state index in [1.165, 1.54) is 0 Å². The van der Waals surface area contributed by atoms with Crippen molar-refractivity contribution in [2.45, 2.75) is 56.7 Å². The molecule has 2 amide bonds. The van der Waals surface area contributed by atoms with Crippen LogP contribution in [-0.4, -0.2) is 54.5 Å². The van der Waals surface area contributed by atoms with Gasteiger partial charge in [0, 0.05) is 25.0 Å². The quantitative estimate of drug-likeness (QED) is 0.522. The van der Waals surface area contributed by atoms with Crippen LogP contribution in [0.4, 0.5) is 4.79 Å². The largest absolute Gasteiger partial charge is 0.481 e. The van der Waals surface area contributed by atoms with E-state index in [1.54, 1.807) is 0 Å². The number of benzene rings is 2. The van der Waals surface area contributed by atoms with Gasteiger partial charge >= 0.3 is 12.1 Å². The Bertz CT molecular complexity index is 1010. The molecule has 1 heterocycles. The van der Waals surface area contributed by atoms with Crippen molar-refractivity contribution in [2.24, 2.45) is 0 Å². The Morgan fingerprint density at radius 2 is 1.74 bits per heavy atom. The van der Waals surface area contributed by atoms with E-state index in [0.717, 1.165) is 22.3 Å². The van der Waals surface area contributed by atoms with Crippen LogP contribution in [0.1, 0.15) is 49.7 Å². The number of rotatable bonds is 9. The predicted molar refractivity (Wildman–Crippen MR) is 125 cm³/mol. The summed E-state index contributed by atoms with van der Waals surface area (Å²) < 4.78 is 11.2. The molecule has 0 spiro atoms. The van der Waals surface area contributed by atoms with E-state index < -0.39 is 24.2 Å². The van der Waals surface area contributed by atoms with Crippen molar-refractivity contribution in [1.29, 1.82) is 0 Å². The SMILES string of the molecule is CCC(CCC(=O)O)NC(=O)[C@@H]1OCC[C@@H]1NC(=O)OCC1c2ccccc2-c2ccccc21. The smallest absolute Gasteiger partial charge is 0.407 e. The number of carbonyl (C=O) groups is 3. The maximum absolute atomic E-state index is 12.7. The van der Waals surface area contributed by atoms with E-state index in [1.807, 2.05) is 31.2 Å². The van der Waals surface area contributed by atoms with E-state index in [4.69, 9.17) is 14.6 Å².